The van der Waals surface area contributed by atoms with Crippen LogP contribution < -0.4 is 16.6 Å². The van der Waals surface area contributed by atoms with Gasteiger partial charge in [0.25, 0.3) is 11.5 Å². The summed E-state index contributed by atoms with van der Waals surface area (Å²) in [5.41, 5.74) is -1.05. The number of hydrogen-bond donors (Lipinski definition) is 2. The van der Waals surface area contributed by atoms with E-state index in [0.29, 0.717) is 6.42 Å². The van der Waals surface area contributed by atoms with Gasteiger partial charge in [-0.2, -0.15) is 0 Å². The van der Waals surface area contributed by atoms with Crippen LogP contribution in [0, 0.1) is 12.8 Å². The molecule has 1 aromatic rings. The lowest BCUT2D eigenvalue weighted by molar-refractivity contribution is -0.121. The molecule has 0 unspecified atom stereocenters. The van der Waals surface area contributed by atoms with Crippen LogP contribution in [-0.4, -0.2) is 27.9 Å². The van der Waals surface area contributed by atoms with Gasteiger partial charge in [0.1, 0.15) is 0 Å². The first-order chi connectivity index (χ1) is 12.8. The number of H-pyrrole nitrogens is 1. The number of unbranched alkanes of at least 4 members (excludes halogenated alkanes) is 6. The molecule has 0 aliphatic rings. The zero-order valence-corrected chi connectivity index (χ0v) is 16.8. The number of rotatable bonds is 12. The average Bonchev–Trinajstić information content (AvgIpc) is 2.61. The molecule has 0 radical (unpaired) electrons. The van der Waals surface area contributed by atoms with Crippen LogP contribution in [0.4, 0.5) is 0 Å². The Morgan fingerprint density at radius 1 is 1.04 bits per heavy atom. The Balaban J connectivity index is 2.16. The number of hydrogen-bond acceptors (Lipinski definition) is 4. The summed E-state index contributed by atoms with van der Waals surface area (Å²) >= 11 is 0. The number of aromatic nitrogens is 2. The van der Waals surface area contributed by atoms with Gasteiger partial charge in [0.05, 0.1) is 6.54 Å². The highest BCUT2D eigenvalue weighted by molar-refractivity contribution is 5.86. The highest BCUT2D eigenvalue weighted by atomic mass is 16.2. The second kappa shape index (κ2) is 12.3. The molecule has 7 nitrogen and oxygen atoms in total. The van der Waals surface area contributed by atoms with E-state index in [-0.39, 0.29) is 18.0 Å². The minimum atomic E-state index is -0.793. The van der Waals surface area contributed by atoms with Crippen LogP contribution >= 0.6 is 0 Å². The minimum absolute atomic E-state index is 0.200. The van der Waals surface area contributed by atoms with Crippen molar-refractivity contribution in [2.75, 3.05) is 6.54 Å². The lowest BCUT2D eigenvalue weighted by Gasteiger charge is -2.07. The Hall–Kier alpha value is -2.18. The van der Waals surface area contributed by atoms with E-state index in [1.165, 1.54) is 45.2 Å². The molecule has 0 aromatic carbocycles. The summed E-state index contributed by atoms with van der Waals surface area (Å²) in [4.78, 5) is 48.8. The van der Waals surface area contributed by atoms with E-state index in [1.54, 1.807) is 0 Å². The standard InChI is InChI=1S/C20H33N3O4/c1-15(2)11-9-7-5-4-6-8-10-12-17(24)21-13-18(25)23-14-16(3)19(26)22-20(23)27/h14-15H,4-13H2,1-3H3,(H,21,24)(H,22,26,27). The fraction of sp³-hybridized carbons (Fsp3) is 0.700. The molecule has 7 heteroatoms. The number of amides is 1. The molecule has 0 spiro atoms. The molecule has 152 valence electrons. The molecule has 1 aromatic heterocycles. The Bertz CT molecular complexity index is 719. The van der Waals surface area contributed by atoms with Crippen molar-refractivity contribution in [1.29, 1.82) is 0 Å². The van der Waals surface area contributed by atoms with Crippen LogP contribution in [0.25, 0.3) is 0 Å². The van der Waals surface area contributed by atoms with Gasteiger partial charge in [-0.1, -0.05) is 58.8 Å². The zero-order chi connectivity index (χ0) is 20.2. The molecule has 1 heterocycles. The highest BCUT2D eigenvalue weighted by Gasteiger charge is 2.11. The molecule has 0 fully saturated rings. The Labute approximate surface area is 160 Å². The average molecular weight is 380 g/mol. The third kappa shape index (κ3) is 9.35. The largest absolute Gasteiger partial charge is 0.347 e. The van der Waals surface area contributed by atoms with E-state index in [1.807, 2.05) is 0 Å². The van der Waals surface area contributed by atoms with Gasteiger partial charge >= 0.3 is 5.69 Å². The van der Waals surface area contributed by atoms with Crippen LogP contribution in [0.15, 0.2) is 15.8 Å². The fourth-order valence-corrected chi connectivity index (χ4v) is 2.82. The highest BCUT2D eigenvalue weighted by Crippen LogP contribution is 2.12. The van der Waals surface area contributed by atoms with Crippen LogP contribution in [0.3, 0.4) is 0 Å². The van der Waals surface area contributed by atoms with Gasteiger partial charge in [-0.15, -0.1) is 0 Å². The summed E-state index contributed by atoms with van der Waals surface area (Å²) in [6, 6.07) is 0. The number of aryl methyl sites for hydroxylation is 1. The van der Waals surface area contributed by atoms with E-state index >= 15 is 0 Å². The van der Waals surface area contributed by atoms with Gasteiger partial charge in [-0.25, -0.2) is 9.36 Å². The maximum Gasteiger partial charge on any atom is 0.335 e. The van der Waals surface area contributed by atoms with E-state index < -0.39 is 17.2 Å². The van der Waals surface area contributed by atoms with E-state index in [2.05, 4.69) is 24.1 Å². The zero-order valence-electron chi connectivity index (χ0n) is 16.8. The van der Waals surface area contributed by atoms with E-state index in [4.69, 9.17) is 0 Å². The third-order valence-electron chi connectivity index (χ3n) is 4.51. The Morgan fingerprint density at radius 2 is 1.63 bits per heavy atom. The fourth-order valence-electron chi connectivity index (χ4n) is 2.82. The van der Waals surface area contributed by atoms with Gasteiger partial charge in [-0.3, -0.25) is 19.4 Å². The second-order valence-electron chi connectivity index (χ2n) is 7.52. The summed E-state index contributed by atoms with van der Waals surface area (Å²) in [6.07, 6.45) is 10.8. The van der Waals surface area contributed by atoms with Gasteiger partial charge in [-0.05, 0) is 19.3 Å². The maximum atomic E-state index is 12.0. The predicted octanol–water partition coefficient (Wildman–Crippen LogP) is 2.77. The Kier molecular flexibility index (Phi) is 10.4. The molecule has 1 rings (SSSR count). The normalized spacial score (nSPS) is 11.0. The van der Waals surface area contributed by atoms with E-state index in [0.717, 1.165) is 29.7 Å². The molecular formula is C20H33N3O4. The number of carbonyl (C=O) groups is 2. The van der Waals surface area contributed by atoms with E-state index in [9.17, 15) is 19.2 Å². The first kappa shape index (κ1) is 22.9. The summed E-state index contributed by atoms with van der Waals surface area (Å²) in [6.45, 7) is 5.74. The van der Waals surface area contributed by atoms with Crippen molar-refractivity contribution >= 4 is 11.8 Å². The topological polar surface area (TPSA) is 101 Å². The van der Waals surface area contributed by atoms with Crippen LogP contribution in [0.2, 0.25) is 0 Å². The molecule has 0 bridgehead atoms. The van der Waals surface area contributed by atoms with Gasteiger partial charge in [0.15, 0.2) is 0 Å². The van der Waals surface area contributed by atoms with Gasteiger partial charge in [0.2, 0.25) is 5.91 Å². The lowest BCUT2D eigenvalue weighted by Crippen LogP contribution is -2.40. The predicted molar refractivity (Wildman–Crippen MR) is 106 cm³/mol. The SMILES string of the molecule is Cc1cn(C(=O)CNC(=O)CCCCCCCCCC(C)C)c(=O)[nH]c1=O. The molecule has 1 amide bonds. The summed E-state index contributed by atoms with van der Waals surface area (Å²) in [7, 11) is 0. The molecular weight excluding hydrogens is 346 g/mol. The molecule has 2 N–H and O–H groups in total. The quantitative estimate of drug-likeness (QED) is 0.545. The molecule has 0 aliphatic heterocycles. The van der Waals surface area contributed by atoms with Crippen molar-refractivity contribution in [3.8, 4) is 0 Å². The number of nitrogens with one attached hydrogen (secondary N) is 2. The second-order valence-corrected chi connectivity index (χ2v) is 7.52. The third-order valence-corrected chi connectivity index (χ3v) is 4.51. The first-order valence-corrected chi connectivity index (χ1v) is 9.93. The molecule has 27 heavy (non-hydrogen) atoms. The van der Waals surface area contributed by atoms with Crippen molar-refractivity contribution < 1.29 is 9.59 Å². The first-order valence-electron chi connectivity index (χ1n) is 9.93. The summed E-state index contributed by atoms with van der Waals surface area (Å²) < 4.78 is 0.816. The van der Waals surface area contributed by atoms with Crippen LogP contribution in [0.1, 0.15) is 82.0 Å². The summed E-state index contributed by atoms with van der Waals surface area (Å²) in [5, 5.41) is 2.53. The van der Waals surface area contributed by atoms with Crippen molar-refractivity contribution in [2.24, 2.45) is 5.92 Å². The van der Waals surface area contributed by atoms with Gasteiger partial charge < -0.3 is 5.32 Å². The molecule has 0 saturated heterocycles. The molecule has 0 aliphatic carbocycles. The smallest absolute Gasteiger partial charge is 0.335 e. The van der Waals surface area contributed by atoms with Crippen molar-refractivity contribution in [3.05, 3.63) is 32.6 Å². The van der Waals surface area contributed by atoms with Gasteiger partial charge in [0, 0.05) is 18.2 Å². The van der Waals surface area contributed by atoms with Crippen molar-refractivity contribution in [3.63, 3.8) is 0 Å². The number of carbonyl (C=O) groups excluding carboxylic acids is 2. The number of aromatic amines is 1. The summed E-state index contributed by atoms with van der Waals surface area (Å²) in [5.74, 6) is 0.00537. The maximum absolute atomic E-state index is 12.0. The lowest BCUT2D eigenvalue weighted by atomic mass is 10.0. The molecule has 0 saturated carbocycles. The van der Waals surface area contributed by atoms with Crippen molar-refractivity contribution in [2.45, 2.75) is 78.6 Å². The monoisotopic (exact) mass is 379 g/mol. The van der Waals surface area contributed by atoms with Crippen LogP contribution in [-0.2, 0) is 4.79 Å². The van der Waals surface area contributed by atoms with Crippen LogP contribution in [0.5, 0.6) is 0 Å². The molecule has 0 atom stereocenters. The van der Waals surface area contributed by atoms with Crippen molar-refractivity contribution in [1.82, 2.24) is 14.9 Å². The minimum Gasteiger partial charge on any atom is -0.347 e. The number of nitrogens with zero attached hydrogens (tertiary/aromatic N) is 1. The Morgan fingerprint density at radius 3 is 2.26 bits per heavy atom.